The minimum Gasteiger partial charge on any atom is -0.379 e. The third-order valence-electron chi connectivity index (χ3n) is 3.67. The first-order valence-electron chi connectivity index (χ1n) is 7.42. The van der Waals surface area contributed by atoms with Gasteiger partial charge in [-0.1, -0.05) is 17.7 Å². The van der Waals surface area contributed by atoms with Gasteiger partial charge in [0.2, 0.25) is 0 Å². The number of likely N-dealkylation sites (N-methyl/N-ethyl adjacent to an activating group) is 1. The predicted octanol–water partition coefficient (Wildman–Crippen LogP) is 2.77. The van der Waals surface area contributed by atoms with Crippen molar-refractivity contribution in [1.29, 1.82) is 0 Å². The van der Waals surface area contributed by atoms with E-state index in [-0.39, 0.29) is 12.4 Å². The number of thioether (sulfide) groups is 1. The average Bonchev–Trinajstić information content (AvgIpc) is 2.46. The SMILES string of the molecule is Cc1ccc(SCCOCCN2CCN(C)CC2)cc1.Cl. The van der Waals surface area contributed by atoms with E-state index in [1.54, 1.807) is 0 Å². The van der Waals surface area contributed by atoms with Crippen LogP contribution in [0.2, 0.25) is 0 Å². The summed E-state index contributed by atoms with van der Waals surface area (Å²) in [4.78, 5) is 6.21. The van der Waals surface area contributed by atoms with Gasteiger partial charge in [-0.15, -0.1) is 24.2 Å². The van der Waals surface area contributed by atoms with Crippen molar-refractivity contribution < 1.29 is 4.74 Å². The maximum atomic E-state index is 5.73. The summed E-state index contributed by atoms with van der Waals surface area (Å²) in [7, 11) is 2.19. The number of nitrogens with zero attached hydrogens (tertiary/aromatic N) is 2. The highest BCUT2D eigenvalue weighted by atomic mass is 35.5. The Bertz CT molecular complexity index is 380. The number of ether oxygens (including phenoxy) is 1. The van der Waals surface area contributed by atoms with Crippen molar-refractivity contribution in [3.8, 4) is 0 Å². The molecule has 0 aromatic heterocycles. The predicted molar refractivity (Wildman–Crippen MR) is 93.9 cm³/mol. The maximum Gasteiger partial charge on any atom is 0.0593 e. The van der Waals surface area contributed by atoms with Gasteiger partial charge in [0.05, 0.1) is 13.2 Å². The highest BCUT2D eigenvalue weighted by Crippen LogP contribution is 2.17. The van der Waals surface area contributed by atoms with E-state index < -0.39 is 0 Å². The van der Waals surface area contributed by atoms with Crippen LogP contribution in [0.5, 0.6) is 0 Å². The van der Waals surface area contributed by atoms with Crippen LogP contribution in [0.4, 0.5) is 0 Å². The van der Waals surface area contributed by atoms with Gasteiger partial charge in [-0.3, -0.25) is 4.90 Å². The van der Waals surface area contributed by atoms with Crippen LogP contribution in [0.1, 0.15) is 5.56 Å². The molecule has 1 aliphatic rings. The molecule has 0 atom stereocenters. The number of piperazine rings is 1. The molecule has 0 unspecified atom stereocenters. The van der Waals surface area contributed by atoms with Crippen molar-refractivity contribution >= 4 is 24.2 Å². The van der Waals surface area contributed by atoms with Crippen molar-refractivity contribution in [3.05, 3.63) is 29.8 Å². The molecule has 21 heavy (non-hydrogen) atoms. The lowest BCUT2D eigenvalue weighted by molar-refractivity contribution is 0.0893. The monoisotopic (exact) mass is 330 g/mol. The molecule has 120 valence electrons. The van der Waals surface area contributed by atoms with E-state index in [1.807, 2.05) is 11.8 Å². The molecule has 0 spiro atoms. The van der Waals surface area contributed by atoms with Crippen LogP contribution in [0, 0.1) is 6.92 Å². The lowest BCUT2D eigenvalue weighted by atomic mass is 10.2. The van der Waals surface area contributed by atoms with Gasteiger partial charge in [0.25, 0.3) is 0 Å². The summed E-state index contributed by atoms with van der Waals surface area (Å²) in [6.07, 6.45) is 0. The Morgan fingerprint density at radius 1 is 1.05 bits per heavy atom. The Morgan fingerprint density at radius 3 is 2.38 bits per heavy atom. The lowest BCUT2D eigenvalue weighted by Crippen LogP contribution is -2.45. The molecule has 5 heteroatoms. The van der Waals surface area contributed by atoms with Crippen LogP contribution < -0.4 is 0 Å². The molecule has 3 nitrogen and oxygen atoms in total. The fraction of sp³-hybridized carbons (Fsp3) is 0.625. The number of hydrogen-bond acceptors (Lipinski definition) is 4. The van der Waals surface area contributed by atoms with Crippen LogP contribution >= 0.6 is 24.2 Å². The Labute approximate surface area is 139 Å². The summed E-state index contributed by atoms with van der Waals surface area (Å²) in [5, 5.41) is 0. The standard InChI is InChI=1S/C16H26N2OS.ClH/c1-15-3-5-16(6-4-15)20-14-13-19-12-11-18-9-7-17(2)8-10-18;/h3-6H,7-14H2,1-2H3;1H. The zero-order chi connectivity index (χ0) is 14.2. The van der Waals surface area contributed by atoms with Crippen LogP contribution in [0.3, 0.4) is 0 Å². The van der Waals surface area contributed by atoms with Crippen molar-refractivity contribution in [2.75, 3.05) is 58.7 Å². The molecule has 0 amide bonds. The fourth-order valence-electron chi connectivity index (χ4n) is 2.22. The normalized spacial score (nSPS) is 16.7. The molecule has 0 N–H and O–H groups in total. The zero-order valence-electron chi connectivity index (χ0n) is 13.1. The Morgan fingerprint density at radius 2 is 1.71 bits per heavy atom. The Balaban J connectivity index is 0.00000220. The van der Waals surface area contributed by atoms with Crippen LogP contribution in [0.15, 0.2) is 29.2 Å². The number of aryl methyl sites for hydroxylation is 1. The van der Waals surface area contributed by atoms with Gasteiger partial charge in [-0.2, -0.15) is 0 Å². The first kappa shape index (κ1) is 18.8. The van der Waals surface area contributed by atoms with Gasteiger partial charge in [0.15, 0.2) is 0 Å². The smallest absolute Gasteiger partial charge is 0.0593 e. The molecule has 2 rings (SSSR count). The second-order valence-corrected chi connectivity index (χ2v) is 6.59. The number of rotatable bonds is 7. The third kappa shape index (κ3) is 7.52. The van der Waals surface area contributed by atoms with Crippen molar-refractivity contribution in [2.45, 2.75) is 11.8 Å². The second-order valence-electron chi connectivity index (χ2n) is 5.42. The molecule has 1 aromatic rings. The van der Waals surface area contributed by atoms with Crippen molar-refractivity contribution in [1.82, 2.24) is 9.80 Å². The molecule has 1 heterocycles. The summed E-state index contributed by atoms with van der Waals surface area (Å²) < 4.78 is 5.73. The van der Waals surface area contributed by atoms with E-state index in [0.29, 0.717) is 0 Å². The van der Waals surface area contributed by atoms with Gasteiger partial charge in [-0.05, 0) is 26.1 Å². The summed E-state index contributed by atoms with van der Waals surface area (Å²) in [5.41, 5.74) is 1.32. The number of halogens is 1. The lowest BCUT2D eigenvalue weighted by Gasteiger charge is -2.32. The van der Waals surface area contributed by atoms with Gasteiger partial charge >= 0.3 is 0 Å². The molecular formula is C16H27ClN2OS. The van der Waals surface area contributed by atoms with Crippen LogP contribution in [0.25, 0.3) is 0 Å². The van der Waals surface area contributed by atoms with E-state index in [0.717, 1.165) is 25.5 Å². The first-order chi connectivity index (χ1) is 9.74. The van der Waals surface area contributed by atoms with Crippen LogP contribution in [-0.4, -0.2) is 68.5 Å². The largest absolute Gasteiger partial charge is 0.379 e. The summed E-state index contributed by atoms with van der Waals surface area (Å²) in [6.45, 7) is 9.62. The molecular weight excluding hydrogens is 304 g/mol. The Hall–Kier alpha value is -0.260. The quantitative estimate of drug-likeness (QED) is 0.564. The maximum absolute atomic E-state index is 5.73. The second kappa shape index (κ2) is 10.5. The van der Waals surface area contributed by atoms with Crippen molar-refractivity contribution in [2.24, 2.45) is 0 Å². The van der Waals surface area contributed by atoms with E-state index >= 15 is 0 Å². The van der Waals surface area contributed by atoms with E-state index in [4.69, 9.17) is 4.74 Å². The highest BCUT2D eigenvalue weighted by molar-refractivity contribution is 7.99. The van der Waals surface area contributed by atoms with Gasteiger partial charge in [0.1, 0.15) is 0 Å². The Kier molecular flexibility index (Phi) is 9.36. The van der Waals surface area contributed by atoms with Crippen LogP contribution in [-0.2, 0) is 4.74 Å². The first-order valence-corrected chi connectivity index (χ1v) is 8.41. The number of benzene rings is 1. The molecule has 0 bridgehead atoms. The summed E-state index contributed by atoms with van der Waals surface area (Å²) >= 11 is 1.87. The van der Waals surface area contributed by atoms with Gasteiger partial charge < -0.3 is 9.64 Å². The topological polar surface area (TPSA) is 15.7 Å². The zero-order valence-corrected chi connectivity index (χ0v) is 14.7. The average molecular weight is 331 g/mol. The summed E-state index contributed by atoms with van der Waals surface area (Å²) in [6, 6.07) is 8.70. The van der Waals surface area contributed by atoms with E-state index in [1.165, 1.54) is 36.6 Å². The molecule has 1 aromatic carbocycles. The molecule has 0 saturated carbocycles. The van der Waals surface area contributed by atoms with E-state index in [9.17, 15) is 0 Å². The molecule has 1 aliphatic heterocycles. The number of hydrogen-bond donors (Lipinski definition) is 0. The van der Waals surface area contributed by atoms with Gasteiger partial charge in [-0.25, -0.2) is 0 Å². The fourth-order valence-corrected chi connectivity index (χ4v) is 2.99. The van der Waals surface area contributed by atoms with E-state index in [2.05, 4.69) is 48.0 Å². The summed E-state index contributed by atoms with van der Waals surface area (Å²) in [5.74, 6) is 1.03. The molecule has 1 fully saturated rings. The molecule has 1 saturated heterocycles. The molecule has 0 aliphatic carbocycles. The van der Waals surface area contributed by atoms with Gasteiger partial charge in [0, 0.05) is 43.4 Å². The third-order valence-corrected chi connectivity index (χ3v) is 4.64. The van der Waals surface area contributed by atoms with Crippen molar-refractivity contribution in [3.63, 3.8) is 0 Å². The minimum absolute atomic E-state index is 0. The minimum atomic E-state index is 0. The highest BCUT2D eigenvalue weighted by Gasteiger charge is 2.12. The molecule has 0 radical (unpaired) electrons.